The zero-order chi connectivity index (χ0) is 13.5. The summed E-state index contributed by atoms with van der Waals surface area (Å²) < 4.78 is 0. The van der Waals surface area contributed by atoms with Crippen LogP contribution >= 0.6 is 23.8 Å². The molecule has 0 amide bonds. The third-order valence-corrected chi connectivity index (χ3v) is 3.81. The number of halogens is 1. The lowest BCUT2D eigenvalue weighted by Crippen LogP contribution is -2.29. The van der Waals surface area contributed by atoms with Gasteiger partial charge in [0.25, 0.3) is 0 Å². The molecule has 1 aromatic rings. The van der Waals surface area contributed by atoms with Crippen molar-refractivity contribution in [3.8, 4) is 0 Å². The van der Waals surface area contributed by atoms with Gasteiger partial charge in [-0.25, -0.2) is 0 Å². The standard InChI is InChI=1S/C15H19ClN2S/c16-13-8-4-5-9-14(13)18-15(19)17-11-10-12-6-2-1-3-7-12/h4-6,8-9H,1-3,7,10-11H2,(H2,17,18,19). The zero-order valence-electron chi connectivity index (χ0n) is 10.9. The number of para-hydroxylation sites is 1. The molecule has 0 atom stereocenters. The molecule has 0 unspecified atom stereocenters. The summed E-state index contributed by atoms with van der Waals surface area (Å²) in [5.74, 6) is 0. The Kier molecular flexibility index (Phi) is 5.67. The number of benzene rings is 1. The highest BCUT2D eigenvalue weighted by Crippen LogP contribution is 2.21. The van der Waals surface area contributed by atoms with E-state index in [4.69, 9.17) is 23.8 Å². The normalized spacial score (nSPS) is 14.7. The molecular weight excluding hydrogens is 276 g/mol. The SMILES string of the molecule is S=C(NCCC1=CCCCC1)Nc1ccccc1Cl. The molecule has 0 heterocycles. The summed E-state index contributed by atoms with van der Waals surface area (Å²) in [5, 5.41) is 7.65. The average molecular weight is 295 g/mol. The Morgan fingerprint density at radius 2 is 2.11 bits per heavy atom. The topological polar surface area (TPSA) is 24.1 Å². The molecule has 0 bridgehead atoms. The molecule has 1 aromatic carbocycles. The quantitative estimate of drug-likeness (QED) is 0.631. The van der Waals surface area contributed by atoms with Gasteiger partial charge in [-0.2, -0.15) is 0 Å². The van der Waals surface area contributed by atoms with Crippen molar-refractivity contribution in [2.75, 3.05) is 11.9 Å². The van der Waals surface area contributed by atoms with E-state index in [0.717, 1.165) is 18.7 Å². The first-order valence-corrected chi connectivity index (χ1v) is 7.51. The first-order valence-electron chi connectivity index (χ1n) is 6.73. The van der Waals surface area contributed by atoms with Crippen molar-refractivity contribution in [1.29, 1.82) is 0 Å². The monoisotopic (exact) mass is 294 g/mol. The predicted molar refractivity (Wildman–Crippen MR) is 86.8 cm³/mol. The van der Waals surface area contributed by atoms with Gasteiger partial charge in [-0.15, -0.1) is 0 Å². The fraction of sp³-hybridized carbons (Fsp3) is 0.400. The summed E-state index contributed by atoms with van der Waals surface area (Å²) in [7, 11) is 0. The van der Waals surface area contributed by atoms with Gasteiger partial charge in [0.15, 0.2) is 5.11 Å². The number of thiocarbonyl (C=S) groups is 1. The highest BCUT2D eigenvalue weighted by atomic mass is 35.5. The summed E-state index contributed by atoms with van der Waals surface area (Å²) >= 11 is 11.3. The van der Waals surface area contributed by atoms with Crippen LogP contribution in [-0.4, -0.2) is 11.7 Å². The Hall–Kier alpha value is -1.06. The molecule has 0 radical (unpaired) electrons. The molecule has 0 saturated carbocycles. The van der Waals surface area contributed by atoms with Gasteiger partial charge in [0, 0.05) is 6.54 Å². The summed E-state index contributed by atoms with van der Waals surface area (Å²) in [6.45, 7) is 0.877. The van der Waals surface area contributed by atoms with Gasteiger partial charge in [0.2, 0.25) is 0 Å². The van der Waals surface area contributed by atoms with Crippen LogP contribution in [0.5, 0.6) is 0 Å². The lowest BCUT2D eigenvalue weighted by atomic mass is 9.97. The van der Waals surface area contributed by atoms with Crippen molar-refractivity contribution in [3.05, 3.63) is 40.9 Å². The first kappa shape index (κ1) is 14.4. The van der Waals surface area contributed by atoms with Gasteiger partial charge in [0.1, 0.15) is 0 Å². The third-order valence-electron chi connectivity index (χ3n) is 3.24. The fourth-order valence-electron chi connectivity index (χ4n) is 2.20. The second kappa shape index (κ2) is 7.51. The number of hydrogen-bond donors (Lipinski definition) is 2. The van der Waals surface area contributed by atoms with Crippen LogP contribution in [0, 0.1) is 0 Å². The number of nitrogens with one attached hydrogen (secondary N) is 2. The van der Waals surface area contributed by atoms with Crippen molar-refractivity contribution in [3.63, 3.8) is 0 Å². The maximum Gasteiger partial charge on any atom is 0.170 e. The van der Waals surface area contributed by atoms with Gasteiger partial charge in [-0.05, 0) is 56.5 Å². The molecule has 1 aliphatic rings. The fourth-order valence-corrected chi connectivity index (χ4v) is 2.59. The molecule has 2 N–H and O–H groups in total. The van der Waals surface area contributed by atoms with E-state index < -0.39 is 0 Å². The van der Waals surface area contributed by atoms with E-state index in [1.165, 1.54) is 25.7 Å². The van der Waals surface area contributed by atoms with E-state index in [2.05, 4.69) is 16.7 Å². The molecule has 0 aliphatic heterocycles. The van der Waals surface area contributed by atoms with E-state index >= 15 is 0 Å². The Morgan fingerprint density at radius 1 is 1.26 bits per heavy atom. The van der Waals surface area contributed by atoms with Crippen LogP contribution in [0.3, 0.4) is 0 Å². The molecule has 1 aliphatic carbocycles. The second-order valence-corrected chi connectivity index (χ2v) is 5.53. The van der Waals surface area contributed by atoms with E-state index in [-0.39, 0.29) is 0 Å². The number of anilines is 1. The lowest BCUT2D eigenvalue weighted by Gasteiger charge is -2.15. The van der Waals surface area contributed by atoms with Gasteiger partial charge >= 0.3 is 0 Å². The van der Waals surface area contributed by atoms with Crippen LogP contribution in [0.2, 0.25) is 5.02 Å². The lowest BCUT2D eigenvalue weighted by molar-refractivity contribution is 0.669. The average Bonchev–Trinajstić information content (AvgIpc) is 2.43. The summed E-state index contributed by atoms with van der Waals surface area (Å²) in [6, 6.07) is 7.60. The summed E-state index contributed by atoms with van der Waals surface area (Å²) in [4.78, 5) is 0. The highest BCUT2D eigenvalue weighted by Gasteiger charge is 2.04. The Bertz CT molecular complexity index is 471. The van der Waals surface area contributed by atoms with Crippen molar-refractivity contribution in [2.24, 2.45) is 0 Å². The van der Waals surface area contributed by atoms with Crippen molar-refractivity contribution in [2.45, 2.75) is 32.1 Å². The molecule has 2 rings (SSSR count). The Labute approximate surface area is 125 Å². The predicted octanol–water partition coefficient (Wildman–Crippen LogP) is 4.52. The molecule has 0 fully saturated rings. The number of rotatable bonds is 4. The van der Waals surface area contributed by atoms with Crippen molar-refractivity contribution in [1.82, 2.24) is 5.32 Å². The maximum absolute atomic E-state index is 6.07. The second-order valence-electron chi connectivity index (χ2n) is 4.72. The van der Waals surface area contributed by atoms with Crippen LogP contribution in [-0.2, 0) is 0 Å². The van der Waals surface area contributed by atoms with E-state index in [1.807, 2.05) is 24.3 Å². The van der Waals surface area contributed by atoms with Crippen LogP contribution in [0.1, 0.15) is 32.1 Å². The maximum atomic E-state index is 6.07. The van der Waals surface area contributed by atoms with Crippen LogP contribution in [0.4, 0.5) is 5.69 Å². The number of hydrogen-bond acceptors (Lipinski definition) is 1. The van der Waals surface area contributed by atoms with Gasteiger partial charge < -0.3 is 10.6 Å². The molecule has 0 aromatic heterocycles. The summed E-state index contributed by atoms with van der Waals surface area (Å²) in [5.41, 5.74) is 2.40. The van der Waals surface area contributed by atoms with Crippen molar-refractivity contribution < 1.29 is 0 Å². The molecule has 0 spiro atoms. The molecular formula is C15H19ClN2S. The summed E-state index contributed by atoms with van der Waals surface area (Å²) in [6.07, 6.45) is 8.58. The van der Waals surface area contributed by atoms with Gasteiger partial charge in [-0.1, -0.05) is 35.4 Å². The minimum atomic E-state index is 0.629. The zero-order valence-corrected chi connectivity index (χ0v) is 12.5. The minimum absolute atomic E-state index is 0.629. The van der Waals surface area contributed by atoms with Gasteiger partial charge in [-0.3, -0.25) is 0 Å². The molecule has 102 valence electrons. The first-order chi connectivity index (χ1) is 9.25. The Morgan fingerprint density at radius 3 is 2.84 bits per heavy atom. The highest BCUT2D eigenvalue weighted by molar-refractivity contribution is 7.80. The van der Waals surface area contributed by atoms with E-state index in [0.29, 0.717) is 10.1 Å². The largest absolute Gasteiger partial charge is 0.362 e. The Balaban J connectivity index is 1.73. The number of allylic oxidation sites excluding steroid dienone is 1. The van der Waals surface area contributed by atoms with Crippen LogP contribution in [0.15, 0.2) is 35.9 Å². The van der Waals surface area contributed by atoms with Crippen LogP contribution < -0.4 is 10.6 Å². The molecule has 19 heavy (non-hydrogen) atoms. The van der Waals surface area contributed by atoms with Crippen LogP contribution in [0.25, 0.3) is 0 Å². The van der Waals surface area contributed by atoms with E-state index in [9.17, 15) is 0 Å². The van der Waals surface area contributed by atoms with E-state index in [1.54, 1.807) is 5.57 Å². The molecule has 4 heteroatoms. The third kappa shape index (κ3) is 4.84. The minimum Gasteiger partial charge on any atom is -0.362 e. The van der Waals surface area contributed by atoms with Gasteiger partial charge in [0.05, 0.1) is 10.7 Å². The molecule has 2 nitrogen and oxygen atoms in total. The molecule has 0 saturated heterocycles. The van der Waals surface area contributed by atoms with Crippen molar-refractivity contribution >= 4 is 34.6 Å². The smallest absolute Gasteiger partial charge is 0.170 e.